The summed E-state index contributed by atoms with van der Waals surface area (Å²) in [5, 5.41) is 13.7. The Kier molecular flexibility index (Phi) is 3.92. The van der Waals surface area contributed by atoms with E-state index in [2.05, 4.69) is 21.4 Å². The fraction of sp³-hybridized carbons (Fsp3) is 0.222. The molecule has 0 saturated heterocycles. The number of aromatic nitrogens is 2. The number of hydrogen-bond acceptors (Lipinski definition) is 6. The minimum absolute atomic E-state index is 0.258. The van der Waals surface area contributed by atoms with Gasteiger partial charge in [-0.3, -0.25) is 4.98 Å². The molecular formula is C18H18N4OS. The summed E-state index contributed by atoms with van der Waals surface area (Å²) < 4.78 is 0. The first kappa shape index (κ1) is 15.1. The molecule has 1 fully saturated rings. The van der Waals surface area contributed by atoms with Gasteiger partial charge in [-0.15, -0.1) is 11.3 Å². The van der Waals surface area contributed by atoms with Gasteiger partial charge in [0.2, 0.25) is 0 Å². The maximum Gasteiger partial charge on any atom is 0.180 e. The summed E-state index contributed by atoms with van der Waals surface area (Å²) in [6.45, 7) is 0.810. The van der Waals surface area contributed by atoms with Crippen LogP contribution in [0.5, 0.6) is 5.75 Å². The molecule has 3 aromatic rings. The number of nitrogens with two attached hydrogens (primary N) is 1. The van der Waals surface area contributed by atoms with Crippen LogP contribution in [0.25, 0.3) is 11.3 Å². The molecule has 1 aromatic carbocycles. The second-order valence-corrected chi connectivity index (χ2v) is 7.17. The van der Waals surface area contributed by atoms with Crippen molar-refractivity contribution in [3.63, 3.8) is 0 Å². The second-order valence-electron chi connectivity index (χ2n) is 6.02. The topological polar surface area (TPSA) is 84.1 Å². The van der Waals surface area contributed by atoms with E-state index in [9.17, 15) is 5.11 Å². The minimum atomic E-state index is 0.258. The maximum absolute atomic E-state index is 9.57. The summed E-state index contributed by atoms with van der Waals surface area (Å²) in [5.41, 5.74) is 8.70. The molecule has 4 N–H and O–H groups in total. The highest BCUT2D eigenvalue weighted by Crippen LogP contribution is 2.41. The van der Waals surface area contributed by atoms with Gasteiger partial charge in [0.15, 0.2) is 5.13 Å². The molecular weight excluding hydrogens is 320 g/mol. The number of aromatic hydroxyl groups is 1. The lowest BCUT2D eigenvalue weighted by molar-refractivity contribution is 0.475. The molecule has 2 atom stereocenters. The van der Waals surface area contributed by atoms with Gasteiger partial charge in [-0.1, -0.05) is 18.2 Å². The van der Waals surface area contributed by atoms with Crippen LogP contribution in [0.1, 0.15) is 22.8 Å². The largest absolute Gasteiger partial charge is 0.508 e. The molecule has 2 aromatic heterocycles. The van der Waals surface area contributed by atoms with E-state index in [-0.39, 0.29) is 5.75 Å². The minimum Gasteiger partial charge on any atom is -0.508 e. The predicted octanol–water partition coefficient (Wildman–Crippen LogP) is 3.14. The second kappa shape index (κ2) is 6.22. The average Bonchev–Trinajstić information content (AvgIpc) is 3.26. The molecule has 0 bridgehead atoms. The zero-order chi connectivity index (χ0) is 16.5. The number of pyridine rings is 1. The van der Waals surface area contributed by atoms with Crippen LogP contribution in [0, 0.1) is 0 Å². The Bertz CT molecular complexity index is 846. The van der Waals surface area contributed by atoms with Gasteiger partial charge in [-0.2, -0.15) is 0 Å². The van der Waals surface area contributed by atoms with E-state index >= 15 is 0 Å². The van der Waals surface area contributed by atoms with Gasteiger partial charge in [-0.25, -0.2) is 4.98 Å². The first-order chi connectivity index (χ1) is 11.7. The Morgan fingerprint density at radius 3 is 2.83 bits per heavy atom. The number of anilines is 1. The lowest BCUT2D eigenvalue weighted by Gasteiger charge is -2.05. The van der Waals surface area contributed by atoms with E-state index in [1.807, 2.05) is 30.6 Å². The fourth-order valence-corrected chi connectivity index (χ4v) is 3.52. The van der Waals surface area contributed by atoms with Crippen molar-refractivity contribution in [1.82, 2.24) is 15.3 Å². The number of nitrogens with one attached hydrogen (secondary N) is 1. The van der Waals surface area contributed by atoms with Gasteiger partial charge in [0.05, 0.1) is 5.69 Å². The lowest BCUT2D eigenvalue weighted by atomic mass is 10.1. The first-order valence-corrected chi connectivity index (χ1v) is 8.69. The first-order valence-electron chi connectivity index (χ1n) is 7.88. The van der Waals surface area contributed by atoms with Gasteiger partial charge in [0, 0.05) is 41.3 Å². The van der Waals surface area contributed by atoms with Crippen molar-refractivity contribution in [2.24, 2.45) is 0 Å². The normalized spacial score (nSPS) is 19.3. The molecule has 122 valence electrons. The fourth-order valence-electron chi connectivity index (χ4n) is 2.89. The Morgan fingerprint density at radius 2 is 2.12 bits per heavy atom. The molecule has 0 amide bonds. The molecule has 0 unspecified atom stereocenters. The van der Waals surface area contributed by atoms with Crippen LogP contribution in [0.15, 0.2) is 48.8 Å². The smallest absolute Gasteiger partial charge is 0.180 e. The third kappa shape index (κ3) is 3.25. The Morgan fingerprint density at radius 1 is 1.21 bits per heavy atom. The van der Waals surface area contributed by atoms with Crippen LogP contribution in [0.2, 0.25) is 0 Å². The zero-order valence-electron chi connectivity index (χ0n) is 13.0. The van der Waals surface area contributed by atoms with Crippen molar-refractivity contribution >= 4 is 16.5 Å². The number of nitrogen functional groups attached to an aromatic ring is 1. The third-order valence-corrected chi connectivity index (χ3v) is 5.08. The number of hydrogen-bond donors (Lipinski definition) is 3. The number of rotatable bonds is 5. The van der Waals surface area contributed by atoms with Crippen LogP contribution in [0.4, 0.5) is 5.13 Å². The number of phenols is 1. The van der Waals surface area contributed by atoms with Crippen LogP contribution in [-0.4, -0.2) is 21.1 Å². The molecule has 2 heterocycles. The van der Waals surface area contributed by atoms with E-state index in [1.54, 1.807) is 12.1 Å². The molecule has 1 aliphatic rings. The Labute approximate surface area is 144 Å². The highest BCUT2D eigenvalue weighted by atomic mass is 32.1. The maximum atomic E-state index is 9.57. The van der Waals surface area contributed by atoms with E-state index in [1.165, 1.54) is 16.9 Å². The van der Waals surface area contributed by atoms with E-state index < -0.39 is 0 Å². The van der Waals surface area contributed by atoms with Gasteiger partial charge in [0.25, 0.3) is 0 Å². The van der Waals surface area contributed by atoms with Gasteiger partial charge < -0.3 is 16.2 Å². The molecule has 4 rings (SSSR count). The van der Waals surface area contributed by atoms with Crippen LogP contribution in [-0.2, 0) is 6.54 Å². The van der Waals surface area contributed by atoms with E-state index in [0.29, 0.717) is 17.1 Å². The van der Waals surface area contributed by atoms with Crippen molar-refractivity contribution in [3.8, 4) is 17.0 Å². The highest BCUT2D eigenvalue weighted by molar-refractivity contribution is 7.15. The quantitative estimate of drug-likeness (QED) is 0.665. The predicted molar refractivity (Wildman–Crippen MR) is 95.8 cm³/mol. The van der Waals surface area contributed by atoms with Crippen LogP contribution in [0.3, 0.4) is 0 Å². The average molecular weight is 338 g/mol. The zero-order valence-corrected chi connectivity index (χ0v) is 13.8. The van der Waals surface area contributed by atoms with E-state index in [4.69, 9.17) is 5.73 Å². The molecule has 5 nitrogen and oxygen atoms in total. The number of nitrogens with zero attached hydrogens (tertiary/aromatic N) is 2. The number of thiazole rings is 1. The summed E-state index contributed by atoms with van der Waals surface area (Å²) in [6.07, 6.45) is 4.90. The molecule has 24 heavy (non-hydrogen) atoms. The molecule has 1 aliphatic carbocycles. The van der Waals surface area contributed by atoms with Crippen molar-refractivity contribution < 1.29 is 5.11 Å². The monoisotopic (exact) mass is 338 g/mol. The van der Waals surface area contributed by atoms with Crippen LogP contribution < -0.4 is 11.1 Å². The SMILES string of the molecule is Nc1ncc(CN[C@H]2C[C@@H]2c2ccc(-c3cccc(O)c3)nc2)s1. The third-order valence-electron chi connectivity index (χ3n) is 4.26. The summed E-state index contributed by atoms with van der Waals surface area (Å²) in [6, 6.07) is 11.8. The molecule has 6 heteroatoms. The Balaban J connectivity index is 1.38. The van der Waals surface area contributed by atoms with Gasteiger partial charge in [-0.05, 0) is 30.2 Å². The van der Waals surface area contributed by atoms with Crippen LogP contribution >= 0.6 is 11.3 Å². The number of phenolic OH excluding ortho intramolecular Hbond substituents is 1. The molecule has 0 aliphatic heterocycles. The lowest BCUT2D eigenvalue weighted by Crippen LogP contribution is -2.16. The molecule has 0 radical (unpaired) electrons. The van der Waals surface area contributed by atoms with Gasteiger partial charge in [0.1, 0.15) is 5.75 Å². The summed E-state index contributed by atoms with van der Waals surface area (Å²) in [7, 11) is 0. The summed E-state index contributed by atoms with van der Waals surface area (Å²) in [4.78, 5) is 9.77. The number of benzene rings is 1. The standard InChI is InChI=1S/C18H18N4OS/c19-18-22-10-14(24-18)9-21-17-7-15(17)12-4-5-16(20-8-12)11-2-1-3-13(23)6-11/h1-6,8,10,15,17,21,23H,7,9H2,(H2,19,22)/t15-,17+/m1/s1. The summed E-state index contributed by atoms with van der Waals surface area (Å²) in [5.74, 6) is 0.773. The Hall–Kier alpha value is -2.44. The summed E-state index contributed by atoms with van der Waals surface area (Å²) >= 11 is 1.53. The van der Waals surface area contributed by atoms with Crippen molar-refractivity contribution in [2.75, 3.05) is 5.73 Å². The molecule has 0 spiro atoms. The molecule has 1 saturated carbocycles. The van der Waals surface area contributed by atoms with Crippen molar-refractivity contribution in [1.29, 1.82) is 0 Å². The van der Waals surface area contributed by atoms with Crippen molar-refractivity contribution in [2.45, 2.75) is 24.9 Å². The van der Waals surface area contributed by atoms with Gasteiger partial charge >= 0.3 is 0 Å². The highest BCUT2D eigenvalue weighted by Gasteiger charge is 2.38. The van der Waals surface area contributed by atoms with E-state index in [0.717, 1.165) is 29.1 Å². The van der Waals surface area contributed by atoms with Crippen molar-refractivity contribution in [3.05, 3.63) is 59.2 Å².